The fraction of sp³-hybridized carbons (Fsp3) is 0.440. The van der Waals surface area contributed by atoms with E-state index in [9.17, 15) is 18.0 Å². The Hall–Kier alpha value is -2.58. The van der Waals surface area contributed by atoms with Crippen LogP contribution in [0.25, 0.3) is 0 Å². The average molecular weight is 508 g/mol. The summed E-state index contributed by atoms with van der Waals surface area (Å²) in [6.07, 6.45) is 2.42. The Labute approximate surface area is 208 Å². The standard InChI is InChI=1S/C25H34ClN3O4S/c1-6-18(3)27-25(31)19(4)28(16-21-13-8-10-14-22(21)26)24(30)17-29(34(5,32)33)23-15-11-9-12-20(23)7-2/h8-15,18-19H,6-7,16-17H2,1-5H3,(H,27,31)/t18-,19+/m0/s1. The summed E-state index contributed by atoms with van der Waals surface area (Å²) in [5, 5.41) is 3.36. The molecule has 34 heavy (non-hydrogen) atoms. The van der Waals surface area contributed by atoms with E-state index >= 15 is 0 Å². The van der Waals surface area contributed by atoms with E-state index in [1.807, 2.05) is 32.9 Å². The minimum Gasteiger partial charge on any atom is -0.352 e. The minimum absolute atomic E-state index is 0.0591. The summed E-state index contributed by atoms with van der Waals surface area (Å²) < 4.78 is 26.5. The smallest absolute Gasteiger partial charge is 0.244 e. The third-order valence-corrected chi connectivity index (χ3v) is 7.28. The number of nitrogens with zero attached hydrogens (tertiary/aromatic N) is 2. The van der Waals surface area contributed by atoms with Gasteiger partial charge in [-0.1, -0.05) is 61.8 Å². The molecule has 186 valence electrons. The predicted molar refractivity (Wildman–Crippen MR) is 137 cm³/mol. The highest BCUT2D eigenvalue weighted by molar-refractivity contribution is 7.92. The van der Waals surface area contributed by atoms with Crippen molar-refractivity contribution in [3.63, 3.8) is 0 Å². The molecule has 2 rings (SSSR count). The summed E-state index contributed by atoms with van der Waals surface area (Å²) in [6.45, 7) is 7.04. The van der Waals surface area contributed by atoms with Crippen LogP contribution in [0.5, 0.6) is 0 Å². The molecule has 0 aliphatic carbocycles. The van der Waals surface area contributed by atoms with Gasteiger partial charge in [0.2, 0.25) is 21.8 Å². The molecule has 9 heteroatoms. The molecule has 0 saturated heterocycles. The molecular formula is C25H34ClN3O4S. The van der Waals surface area contributed by atoms with Gasteiger partial charge in [-0.25, -0.2) is 8.42 Å². The maximum atomic E-state index is 13.6. The number of hydrogen-bond donors (Lipinski definition) is 1. The largest absolute Gasteiger partial charge is 0.352 e. The summed E-state index contributed by atoms with van der Waals surface area (Å²) in [5.41, 5.74) is 1.93. The number of aryl methyl sites for hydroxylation is 1. The van der Waals surface area contributed by atoms with Gasteiger partial charge in [-0.15, -0.1) is 0 Å². The molecule has 0 aromatic heterocycles. The van der Waals surface area contributed by atoms with Gasteiger partial charge in [0.05, 0.1) is 11.9 Å². The normalized spacial score (nSPS) is 13.1. The zero-order valence-electron chi connectivity index (χ0n) is 20.4. The number of halogens is 1. The molecule has 0 heterocycles. The molecule has 1 N–H and O–H groups in total. The zero-order chi connectivity index (χ0) is 25.5. The van der Waals surface area contributed by atoms with Crippen LogP contribution in [-0.2, 0) is 32.6 Å². The Bertz CT molecular complexity index is 1110. The highest BCUT2D eigenvalue weighted by Crippen LogP contribution is 2.25. The lowest BCUT2D eigenvalue weighted by molar-refractivity contribution is -0.139. The van der Waals surface area contributed by atoms with Crippen molar-refractivity contribution in [2.75, 3.05) is 17.1 Å². The highest BCUT2D eigenvalue weighted by Gasteiger charge is 2.31. The number of hydrogen-bond acceptors (Lipinski definition) is 4. The lowest BCUT2D eigenvalue weighted by atomic mass is 10.1. The molecular weight excluding hydrogens is 474 g/mol. The Morgan fingerprint density at radius 3 is 2.15 bits per heavy atom. The Balaban J connectivity index is 2.44. The zero-order valence-corrected chi connectivity index (χ0v) is 22.0. The minimum atomic E-state index is -3.77. The molecule has 0 radical (unpaired) electrons. The maximum absolute atomic E-state index is 13.6. The van der Waals surface area contributed by atoms with Crippen LogP contribution in [0.2, 0.25) is 5.02 Å². The van der Waals surface area contributed by atoms with Crippen LogP contribution in [0.4, 0.5) is 5.69 Å². The van der Waals surface area contributed by atoms with E-state index in [-0.39, 0.29) is 18.5 Å². The van der Waals surface area contributed by atoms with Crippen molar-refractivity contribution in [3.05, 3.63) is 64.7 Å². The Kier molecular flexibility index (Phi) is 9.94. The fourth-order valence-corrected chi connectivity index (χ4v) is 4.58. The summed E-state index contributed by atoms with van der Waals surface area (Å²) in [4.78, 5) is 27.9. The van der Waals surface area contributed by atoms with Crippen LogP contribution < -0.4 is 9.62 Å². The second kappa shape index (κ2) is 12.2. The van der Waals surface area contributed by atoms with E-state index in [2.05, 4.69) is 5.32 Å². The van der Waals surface area contributed by atoms with Crippen molar-refractivity contribution in [2.24, 2.45) is 0 Å². The summed E-state index contributed by atoms with van der Waals surface area (Å²) in [6, 6.07) is 13.3. The molecule has 0 unspecified atom stereocenters. The molecule has 2 aromatic rings. The Morgan fingerprint density at radius 1 is 1.00 bits per heavy atom. The first-order valence-corrected chi connectivity index (χ1v) is 13.6. The molecule has 0 fully saturated rings. The van der Waals surface area contributed by atoms with Gasteiger partial charge in [-0.2, -0.15) is 0 Å². The molecule has 0 aliphatic heterocycles. The third-order valence-electron chi connectivity index (χ3n) is 5.79. The van der Waals surface area contributed by atoms with Crippen LogP contribution in [0.3, 0.4) is 0 Å². The van der Waals surface area contributed by atoms with E-state index in [4.69, 9.17) is 11.6 Å². The van der Waals surface area contributed by atoms with Crippen LogP contribution >= 0.6 is 11.6 Å². The molecule has 2 atom stereocenters. The number of amides is 2. The van der Waals surface area contributed by atoms with Crippen molar-refractivity contribution in [1.82, 2.24) is 10.2 Å². The number of sulfonamides is 1. The van der Waals surface area contributed by atoms with Crippen molar-refractivity contribution < 1.29 is 18.0 Å². The number of carbonyl (C=O) groups is 2. The number of nitrogens with one attached hydrogen (secondary N) is 1. The van der Waals surface area contributed by atoms with Crippen molar-refractivity contribution in [1.29, 1.82) is 0 Å². The van der Waals surface area contributed by atoms with Gasteiger partial charge in [0.1, 0.15) is 12.6 Å². The SMILES string of the molecule is CCc1ccccc1N(CC(=O)N(Cc1ccccc1Cl)[C@H](C)C(=O)N[C@@H](C)CC)S(C)(=O)=O. The number of anilines is 1. The van der Waals surface area contributed by atoms with E-state index in [0.29, 0.717) is 22.7 Å². The molecule has 0 bridgehead atoms. The van der Waals surface area contributed by atoms with Gasteiger partial charge < -0.3 is 10.2 Å². The van der Waals surface area contributed by atoms with Crippen molar-refractivity contribution in [3.8, 4) is 0 Å². The van der Waals surface area contributed by atoms with E-state index in [1.165, 1.54) is 4.90 Å². The number of para-hydroxylation sites is 1. The first-order valence-electron chi connectivity index (χ1n) is 11.4. The number of rotatable bonds is 11. The lowest BCUT2D eigenvalue weighted by Gasteiger charge is -2.32. The summed E-state index contributed by atoms with van der Waals surface area (Å²) in [5.74, 6) is -0.808. The molecule has 7 nitrogen and oxygen atoms in total. The van der Waals surface area contributed by atoms with E-state index in [1.54, 1.807) is 43.3 Å². The topological polar surface area (TPSA) is 86.8 Å². The first kappa shape index (κ1) is 27.7. The van der Waals surface area contributed by atoms with Crippen LogP contribution in [0.15, 0.2) is 48.5 Å². The van der Waals surface area contributed by atoms with Gasteiger partial charge in [-0.3, -0.25) is 13.9 Å². The second-order valence-electron chi connectivity index (χ2n) is 8.36. The number of benzene rings is 2. The van der Waals surface area contributed by atoms with Gasteiger partial charge >= 0.3 is 0 Å². The average Bonchev–Trinajstić information content (AvgIpc) is 2.80. The van der Waals surface area contributed by atoms with Gasteiger partial charge in [0, 0.05) is 17.6 Å². The fourth-order valence-electron chi connectivity index (χ4n) is 3.51. The van der Waals surface area contributed by atoms with Gasteiger partial charge in [-0.05, 0) is 49.9 Å². The van der Waals surface area contributed by atoms with Crippen LogP contribution in [-0.4, -0.2) is 50.0 Å². The molecule has 0 aliphatic rings. The predicted octanol–water partition coefficient (Wildman–Crippen LogP) is 4.00. The quantitative estimate of drug-likeness (QED) is 0.498. The molecule has 2 aromatic carbocycles. The molecule has 2 amide bonds. The summed E-state index contributed by atoms with van der Waals surface area (Å²) >= 11 is 6.33. The monoisotopic (exact) mass is 507 g/mol. The van der Waals surface area contributed by atoms with Crippen molar-refractivity contribution in [2.45, 2.75) is 59.2 Å². The third kappa shape index (κ3) is 7.21. The molecule has 0 spiro atoms. The lowest BCUT2D eigenvalue weighted by Crippen LogP contribution is -2.52. The van der Waals surface area contributed by atoms with Gasteiger partial charge in [0.15, 0.2) is 0 Å². The van der Waals surface area contributed by atoms with Crippen LogP contribution in [0.1, 0.15) is 45.2 Å². The number of carbonyl (C=O) groups excluding carboxylic acids is 2. The maximum Gasteiger partial charge on any atom is 0.244 e. The van der Waals surface area contributed by atoms with E-state index in [0.717, 1.165) is 22.5 Å². The summed E-state index contributed by atoms with van der Waals surface area (Å²) in [7, 11) is -3.77. The first-order chi connectivity index (χ1) is 16.0. The Morgan fingerprint density at radius 2 is 1.59 bits per heavy atom. The van der Waals surface area contributed by atoms with Crippen LogP contribution in [0, 0.1) is 0 Å². The van der Waals surface area contributed by atoms with Crippen molar-refractivity contribution >= 4 is 39.1 Å². The molecule has 0 saturated carbocycles. The van der Waals surface area contributed by atoms with Gasteiger partial charge in [0.25, 0.3) is 0 Å². The second-order valence-corrected chi connectivity index (χ2v) is 10.7. The van der Waals surface area contributed by atoms with E-state index < -0.39 is 28.5 Å². The highest BCUT2D eigenvalue weighted by atomic mass is 35.5.